The fourth-order valence-corrected chi connectivity index (χ4v) is 6.59. The first-order valence-electron chi connectivity index (χ1n) is 12.1. The Labute approximate surface area is 223 Å². The smallest absolute Gasteiger partial charge is 0.324 e. The van der Waals surface area contributed by atoms with Crippen LogP contribution in [0.25, 0.3) is 10.9 Å². The quantitative estimate of drug-likeness (QED) is 0.268. The third-order valence-electron chi connectivity index (χ3n) is 6.97. The average Bonchev–Trinajstić information content (AvgIpc) is 3.30. The molecule has 10 heteroatoms. The van der Waals surface area contributed by atoms with Crippen molar-refractivity contribution in [1.29, 1.82) is 0 Å². The number of piperidine rings is 1. The van der Waals surface area contributed by atoms with Crippen molar-refractivity contribution in [2.75, 3.05) is 13.1 Å². The summed E-state index contributed by atoms with van der Waals surface area (Å²) < 4.78 is 69.9. The number of rotatable bonds is 4. The Bertz CT molecular complexity index is 1580. The third kappa shape index (κ3) is 5.05. The number of nitrogens with zero attached hydrogens (tertiary/aromatic N) is 2. The third-order valence-corrected chi connectivity index (χ3v) is 9.02. The molecule has 0 bridgehead atoms. The molecule has 2 heterocycles. The molecule has 1 aromatic heterocycles. The van der Waals surface area contributed by atoms with Crippen LogP contribution in [0.3, 0.4) is 0 Å². The van der Waals surface area contributed by atoms with Gasteiger partial charge in [-0.1, -0.05) is 54.1 Å². The number of carbonyl (C=O) groups excluding carboxylic acids is 1. The number of fused-ring (bicyclic) bond motifs is 1. The summed E-state index contributed by atoms with van der Waals surface area (Å²) in [5, 5.41) is 0.152. The molecule has 3 aromatic carbocycles. The Morgan fingerprint density at radius 1 is 0.921 bits per heavy atom. The topological polar surface area (TPSA) is 59.4 Å². The molecule has 0 spiro atoms. The van der Waals surface area contributed by atoms with Gasteiger partial charge in [0.2, 0.25) is 9.84 Å². The van der Waals surface area contributed by atoms with Gasteiger partial charge in [0.15, 0.2) is 0 Å². The van der Waals surface area contributed by atoms with Crippen LogP contribution in [0.2, 0.25) is 5.02 Å². The maximum atomic E-state index is 14.0. The molecule has 0 N–H and O–H groups in total. The minimum atomic E-state index is -4.79. The number of likely N-dealkylation sites (tertiary alicyclic amines) is 1. The van der Waals surface area contributed by atoms with Gasteiger partial charge in [-0.05, 0) is 61.1 Å². The Morgan fingerprint density at radius 2 is 1.58 bits per heavy atom. The molecular weight excluding hydrogens is 537 g/mol. The zero-order valence-electron chi connectivity index (χ0n) is 20.2. The first-order valence-corrected chi connectivity index (χ1v) is 14.0. The molecule has 0 atom stereocenters. The predicted molar refractivity (Wildman–Crippen MR) is 139 cm³/mol. The predicted octanol–water partition coefficient (Wildman–Crippen LogP) is 7.07. The highest BCUT2D eigenvalue weighted by atomic mass is 35.5. The Balaban J connectivity index is 1.52. The minimum Gasteiger partial charge on any atom is -0.324 e. The molecule has 38 heavy (non-hydrogen) atoms. The Kier molecular flexibility index (Phi) is 7.00. The van der Waals surface area contributed by atoms with E-state index in [4.69, 9.17) is 11.6 Å². The highest BCUT2D eigenvalue weighted by Crippen LogP contribution is 2.39. The number of benzene rings is 3. The van der Waals surface area contributed by atoms with Crippen LogP contribution in [0.4, 0.5) is 18.0 Å². The van der Waals surface area contributed by atoms with E-state index in [0.717, 1.165) is 29.3 Å². The van der Waals surface area contributed by atoms with Gasteiger partial charge in [-0.15, -0.1) is 0 Å². The number of halogens is 4. The monoisotopic (exact) mass is 560 g/mol. The lowest BCUT2D eigenvalue weighted by Gasteiger charge is -2.32. The van der Waals surface area contributed by atoms with Gasteiger partial charge < -0.3 is 4.90 Å². The molecule has 0 radical (unpaired) electrons. The van der Waals surface area contributed by atoms with Crippen molar-refractivity contribution >= 4 is 38.4 Å². The van der Waals surface area contributed by atoms with E-state index in [0.29, 0.717) is 36.9 Å². The zero-order chi connectivity index (χ0) is 27.1. The Hall–Kier alpha value is -3.30. The van der Waals surface area contributed by atoms with Gasteiger partial charge in [0.25, 0.3) is 0 Å². The van der Waals surface area contributed by atoms with Crippen LogP contribution >= 0.6 is 11.6 Å². The number of hydrogen-bond acceptors (Lipinski definition) is 3. The molecule has 5 rings (SSSR count). The lowest BCUT2D eigenvalue weighted by Crippen LogP contribution is -2.41. The highest BCUT2D eigenvalue weighted by Gasteiger charge is 2.37. The summed E-state index contributed by atoms with van der Waals surface area (Å²) in [6.45, 7) is 0.729. The van der Waals surface area contributed by atoms with Crippen molar-refractivity contribution in [1.82, 2.24) is 9.47 Å². The fraction of sp³-hybridized carbons (Fsp3) is 0.250. The summed E-state index contributed by atoms with van der Waals surface area (Å²) in [7, 11) is -4.25. The van der Waals surface area contributed by atoms with Crippen molar-refractivity contribution in [3.63, 3.8) is 0 Å². The molecule has 1 aliphatic rings. The van der Waals surface area contributed by atoms with Crippen LogP contribution in [0.1, 0.15) is 24.0 Å². The van der Waals surface area contributed by atoms with E-state index in [1.807, 2.05) is 30.3 Å². The van der Waals surface area contributed by atoms with Crippen molar-refractivity contribution < 1.29 is 26.4 Å². The largest absolute Gasteiger partial charge is 0.418 e. The lowest BCUT2D eigenvalue weighted by atomic mass is 9.90. The van der Waals surface area contributed by atoms with Crippen molar-refractivity contribution in [2.45, 2.75) is 35.2 Å². The van der Waals surface area contributed by atoms with Crippen molar-refractivity contribution in [3.05, 3.63) is 95.1 Å². The molecule has 0 aliphatic carbocycles. The molecular formula is C28H24ClF3N2O3S. The zero-order valence-corrected chi connectivity index (χ0v) is 21.7. The maximum Gasteiger partial charge on any atom is 0.418 e. The standard InChI is InChI=1S/C28H24ClF3N2O3S/c29-21-9-11-22(12-10-21)38(36,37)25-18-34(26-23(25)7-4-8-24(26)28(30,31)32)27(35)33-15-13-20(14-16-33)17-19-5-2-1-3-6-19/h1-12,18,20H,13-17H2. The first-order chi connectivity index (χ1) is 18.1. The number of para-hydroxylation sites is 1. The van der Waals surface area contributed by atoms with E-state index in [2.05, 4.69) is 0 Å². The molecule has 4 aromatic rings. The van der Waals surface area contributed by atoms with Crippen molar-refractivity contribution in [2.24, 2.45) is 5.92 Å². The average molecular weight is 561 g/mol. The molecule has 1 fully saturated rings. The highest BCUT2D eigenvalue weighted by molar-refractivity contribution is 7.91. The van der Waals surface area contributed by atoms with E-state index in [1.165, 1.54) is 40.8 Å². The SMILES string of the molecule is O=C(N1CCC(Cc2ccccc2)CC1)n1cc(S(=O)(=O)c2ccc(Cl)cc2)c2cccc(C(F)(F)F)c21. The second-order valence-electron chi connectivity index (χ2n) is 9.42. The summed E-state index contributed by atoms with van der Waals surface area (Å²) >= 11 is 5.89. The van der Waals surface area contributed by atoms with Crippen molar-refractivity contribution in [3.8, 4) is 0 Å². The van der Waals surface area contributed by atoms with Gasteiger partial charge in [-0.2, -0.15) is 13.2 Å². The van der Waals surface area contributed by atoms with Gasteiger partial charge in [-0.25, -0.2) is 13.2 Å². The molecule has 1 aliphatic heterocycles. The van der Waals surface area contributed by atoms with Gasteiger partial charge in [0.05, 0.1) is 20.9 Å². The van der Waals surface area contributed by atoms with E-state index in [1.54, 1.807) is 0 Å². The van der Waals surface area contributed by atoms with Gasteiger partial charge >= 0.3 is 12.2 Å². The molecule has 1 saturated heterocycles. The van der Waals surface area contributed by atoms with Gasteiger partial charge in [-0.3, -0.25) is 4.57 Å². The molecule has 0 saturated carbocycles. The normalized spacial score (nSPS) is 15.2. The fourth-order valence-electron chi connectivity index (χ4n) is 5.02. The molecule has 198 valence electrons. The van der Waals surface area contributed by atoms with Crippen LogP contribution in [-0.4, -0.2) is 37.0 Å². The summed E-state index contributed by atoms with van der Waals surface area (Å²) in [5.41, 5.74) is -0.343. The van der Waals surface area contributed by atoms with E-state index in [-0.39, 0.29) is 15.2 Å². The van der Waals surface area contributed by atoms with E-state index in [9.17, 15) is 26.4 Å². The number of amides is 1. The summed E-state index contributed by atoms with van der Waals surface area (Å²) in [6.07, 6.45) is -1.52. The summed E-state index contributed by atoms with van der Waals surface area (Å²) in [4.78, 5) is 14.6. The van der Waals surface area contributed by atoms with E-state index >= 15 is 0 Å². The molecule has 0 unspecified atom stereocenters. The van der Waals surface area contributed by atoms with E-state index < -0.39 is 33.1 Å². The van der Waals surface area contributed by atoms with Gasteiger partial charge in [0.1, 0.15) is 0 Å². The van der Waals surface area contributed by atoms with Crippen LogP contribution in [-0.2, 0) is 22.4 Å². The number of aromatic nitrogens is 1. The van der Waals surface area contributed by atoms with Crippen LogP contribution < -0.4 is 0 Å². The van der Waals surface area contributed by atoms with Crippen LogP contribution in [0, 0.1) is 5.92 Å². The Morgan fingerprint density at radius 3 is 2.21 bits per heavy atom. The number of alkyl halides is 3. The minimum absolute atomic E-state index is 0.132. The maximum absolute atomic E-state index is 14.0. The second-order valence-corrected chi connectivity index (χ2v) is 11.8. The van der Waals surface area contributed by atoms with Gasteiger partial charge in [0, 0.05) is 29.7 Å². The number of hydrogen-bond donors (Lipinski definition) is 0. The lowest BCUT2D eigenvalue weighted by molar-refractivity contribution is -0.136. The van der Waals surface area contributed by atoms with Crippen LogP contribution in [0.5, 0.6) is 0 Å². The molecule has 1 amide bonds. The summed E-state index contributed by atoms with van der Waals surface area (Å²) in [5.74, 6) is 0.342. The van der Waals surface area contributed by atoms with Crippen LogP contribution in [0.15, 0.2) is 88.8 Å². The summed E-state index contributed by atoms with van der Waals surface area (Å²) in [6, 6.07) is 18.0. The number of carbonyl (C=O) groups is 1. The number of sulfone groups is 1. The second kappa shape index (κ2) is 10.1. The first kappa shape index (κ1) is 26.3. The molecule has 5 nitrogen and oxygen atoms in total.